The zero-order chi connectivity index (χ0) is 13.5. The zero-order valence-electron chi connectivity index (χ0n) is 12.1. The van der Waals surface area contributed by atoms with Gasteiger partial charge in [-0.25, -0.2) is 0 Å². The van der Waals surface area contributed by atoms with Gasteiger partial charge in [-0.05, 0) is 52.6 Å². The summed E-state index contributed by atoms with van der Waals surface area (Å²) in [6.07, 6.45) is 1.16. The molecule has 0 aliphatic carbocycles. The first-order valence-electron chi connectivity index (χ1n) is 6.69. The molecule has 1 aromatic carbocycles. The van der Waals surface area contributed by atoms with E-state index in [1.807, 2.05) is 25.1 Å². The molecule has 0 amide bonds. The Morgan fingerprint density at radius 1 is 1.17 bits per heavy atom. The molecule has 1 rings (SSSR count). The quantitative estimate of drug-likeness (QED) is 0.805. The van der Waals surface area contributed by atoms with Gasteiger partial charge >= 0.3 is 0 Å². The van der Waals surface area contributed by atoms with Crippen molar-refractivity contribution >= 4 is 0 Å². The monoisotopic (exact) mass is 250 g/mol. The van der Waals surface area contributed by atoms with E-state index in [1.54, 1.807) is 0 Å². The molecule has 0 saturated heterocycles. The summed E-state index contributed by atoms with van der Waals surface area (Å²) in [7, 11) is 4.20. The van der Waals surface area contributed by atoms with Crippen LogP contribution in [0.4, 0.5) is 0 Å². The minimum Gasteiger partial charge on any atom is -0.507 e. The van der Waals surface area contributed by atoms with Crippen molar-refractivity contribution in [3.8, 4) is 5.75 Å². The summed E-state index contributed by atoms with van der Waals surface area (Å²) >= 11 is 0. The lowest BCUT2D eigenvalue weighted by molar-refractivity contribution is 0.256. The third-order valence-electron chi connectivity index (χ3n) is 3.24. The molecular formula is C15H26N2O. The van der Waals surface area contributed by atoms with Gasteiger partial charge in [-0.2, -0.15) is 0 Å². The van der Waals surface area contributed by atoms with E-state index < -0.39 is 0 Å². The Morgan fingerprint density at radius 3 is 2.50 bits per heavy atom. The average molecular weight is 250 g/mol. The fourth-order valence-corrected chi connectivity index (χ4v) is 2.05. The maximum Gasteiger partial charge on any atom is 0.122 e. The molecule has 0 aromatic heterocycles. The Bertz CT molecular complexity index is 364. The van der Waals surface area contributed by atoms with Crippen molar-refractivity contribution in [2.45, 2.75) is 26.8 Å². The Balaban J connectivity index is 2.54. The SMILES string of the molecule is CCN(CCCN(C)C)Cc1cccc(C)c1O. The van der Waals surface area contributed by atoms with Crippen LogP contribution < -0.4 is 0 Å². The molecular weight excluding hydrogens is 224 g/mol. The maximum atomic E-state index is 10.0. The van der Waals surface area contributed by atoms with E-state index in [4.69, 9.17) is 0 Å². The molecule has 0 bridgehead atoms. The van der Waals surface area contributed by atoms with Gasteiger partial charge in [0.05, 0.1) is 0 Å². The lowest BCUT2D eigenvalue weighted by Crippen LogP contribution is -2.27. The summed E-state index contributed by atoms with van der Waals surface area (Å²) in [5.41, 5.74) is 1.98. The lowest BCUT2D eigenvalue weighted by Gasteiger charge is -2.22. The predicted molar refractivity (Wildman–Crippen MR) is 77.0 cm³/mol. The summed E-state index contributed by atoms with van der Waals surface area (Å²) in [6.45, 7) is 8.14. The first kappa shape index (κ1) is 15.0. The normalized spacial score (nSPS) is 11.4. The standard InChI is InChI=1S/C15H26N2O/c1-5-17(11-7-10-16(3)4)12-14-9-6-8-13(2)15(14)18/h6,8-9,18H,5,7,10-12H2,1-4H3. The Labute approximate surface area is 111 Å². The fourth-order valence-electron chi connectivity index (χ4n) is 2.05. The first-order valence-corrected chi connectivity index (χ1v) is 6.69. The Kier molecular flexibility index (Phi) is 6.16. The molecule has 1 N–H and O–H groups in total. The molecule has 0 atom stereocenters. The molecule has 3 nitrogen and oxygen atoms in total. The number of benzene rings is 1. The number of phenolic OH excluding ortho intramolecular Hbond substituents is 1. The van der Waals surface area contributed by atoms with Crippen LogP contribution in [-0.4, -0.2) is 48.6 Å². The summed E-state index contributed by atoms with van der Waals surface area (Å²) in [5, 5.41) is 10.0. The second kappa shape index (κ2) is 7.39. The first-order chi connectivity index (χ1) is 8.54. The molecule has 1 aromatic rings. The highest BCUT2D eigenvalue weighted by molar-refractivity contribution is 5.39. The van der Waals surface area contributed by atoms with Gasteiger partial charge < -0.3 is 10.0 Å². The van der Waals surface area contributed by atoms with Crippen molar-refractivity contribution in [2.75, 3.05) is 33.7 Å². The highest BCUT2D eigenvalue weighted by Gasteiger charge is 2.08. The fraction of sp³-hybridized carbons (Fsp3) is 0.600. The smallest absolute Gasteiger partial charge is 0.122 e. The Hall–Kier alpha value is -1.06. The number of rotatable bonds is 7. The molecule has 0 spiro atoms. The Morgan fingerprint density at radius 2 is 1.89 bits per heavy atom. The number of nitrogens with zero attached hydrogens (tertiary/aromatic N) is 2. The zero-order valence-corrected chi connectivity index (χ0v) is 12.1. The van der Waals surface area contributed by atoms with Crippen molar-refractivity contribution in [3.05, 3.63) is 29.3 Å². The van der Waals surface area contributed by atoms with E-state index in [-0.39, 0.29) is 0 Å². The van der Waals surface area contributed by atoms with Gasteiger partial charge in [-0.3, -0.25) is 4.90 Å². The summed E-state index contributed by atoms with van der Waals surface area (Å²) in [6, 6.07) is 5.97. The second-order valence-corrected chi connectivity index (χ2v) is 5.11. The number of hydrogen-bond donors (Lipinski definition) is 1. The number of aryl methyl sites for hydroxylation is 1. The van der Waals surface area contributed by atoms with Crippen LogP contribution in [-0.2, 0) is 6.54 Å². The van der Waals surface area contributed by atoms with E-state index in [2.05, 4.69) is 30.8 Å². The molecule has 0 aliphatic rings. The largest absolute Gasteiger partial charge is 0.507 e. The van der Waals surface area contributed by atoms with Crippen LogP contribution in [0.25, 0.3) is 0 Å². The van der Waals surface area contributed by atoms with Crippen molar-refractivity contribution < 1.29 is 5.11 Å². The summed E-state index contributed by atoms with van der Waals surface area (Å²) in [4.78, 5) is 4.58. The van der Waals surface area contributed by atoms with E-state index in [0.29, 0.717) is 5.75 Å². The van der Waals surface area contributed by atoms with Crippen LogP contribution >= 0.6 is 0 Å². The number of aromatic hydroxyl groups is 1. The van der Waals surface area contributed by atoms with Gasteiger partial charge in [0, 0.05) is 12.1 Å². The van der Waals surface area contributed by atoms with Crippen LogP contribution in [0.2, 0.25) is 0 Å². The molecule has 0 aliphatic heterocycles. The molecule has 0 unspecified atom stereocenters. The predicted octanol–water partition coefficient (Wildman–Crippen LogP) is 2.47. The van der Waals surface area contributed by atoms with Crippen LogP contribution in [0.3, 0.4) is 0 Å². The number of hydrogen-bond acceptors (Lipinski definition) is 3. The molecule has 0 saturated carbocycles. The van der Waals surface area contributed by atoms with E-state index in [0.717, 1.165) is 43.7 Å². The van der Waals surface area contributed by atoms with Crippen molar-refractivity contribution in [1.29, 1.82) is 0 Å². The lowest BCUT2D eigenvalue weighted by atomic mass is 10.1. The van der Waals surface area contributed by atoms with Crippen LogP contribution in [0, 0.1) is 6.92 Å². The number of phenols is 1. The highest BCUT2D eigenvalue weighted by Crippen LogP contribution is 2.22. The van der Waals surface area contributed by atoms with Crippen LogP contribution in [0.15, 0.2) is 18.2 Å². The molecule has 0 fully saturated rings. The van der Waals surface area contributed by atoms with Crippen LogP contribution in [0.5, 0.6) is 5.75 Å². The minimum atomic E-state index is 0.448. The minimum absolute atomic E-state index is 0.448. The van der Waals surface area contributed by atoms with Gasteiger partial charge in [-0.1, -0.05) is 25.1 Å². The van der Waals surface area contributed by atoms with E-state index >= 15 is 0 Å². The van der Waals surface area contributed by atoms with Crippen molar-refractivity contribution in [3.63, 3.8) is 0 Å². The third-order valence-corrected chi connectivity index (χ3v) is 3.24. The molecule has 0 radical (unpaired) electrons. The van der Waals surface area contributed by atoms with Crippen LogP contribution in [0.1, 0.15) is 24.5 Å². The number of para-hydroxylation sites is 1. The van der Waals surface area contributed by atoms with Gasteiger partial charge in [0.2, 0.25) is 0 Å². The molecule has 0 heterocycles. The topological polar surface area (TPSA) is 26.7 Å². The van der Waals surface area contributed by atoms with E-state index in [1.165, 1.54) is 0 Å². The van der Waals surface area contributed by atoms with Gasteiger partial charge in [0.15, 0.2) is 0 Å². The molecule has 3 heteroatoms. The third kappa shape index (κ3) is 4.67. The van der Waals surface area contributed by atoms with Crippen molar-refractivity contribution in [2.24, 2.45) is 0 Å². The second-order valence-electron chi connectivity index (χ2n) is 5.11. The molecule has 102 valence electrons. The highest BCUT2D eigenvalue weighted by atomic mass is 16.3. The van der Waals surface area contributed by atoms with Gasteiger partial charge in [-0.15, -0.1) is 0 Å². The van der Waals surface area contributed by atoms with E-state index in [9.17, 15) is 5.11 Å². The average Bonchev–Trinajstić information content (AvgIpc) is 2.33. The van der Waals surface area contributed by atoms with Gasteiger partial charge in [0.25, 0.3) is 0 Å². The molecule has 18 heavy (non-hydrogen) atoms. The maximum absolute atomic E-state index is 10.0. The van der Waals surface area contributed by atoms with Gasteiger partial charge in [0.1, 0.15) is 5.75 Å². The van der Waals surface area contributed by atoms with Crippen molar-refractivity contribution in [1.82, 2.24) is 9.80 Å². The summed E-state index contributed by atoms with van der Waals surface area (Å²) in [5.74, 6) is 0.448. The summed E-state index contributed by atoms with van der Waals surface area (Å²) < 4.78 is 0.